The molecule has 116 valence electrons. The lowest BCUT2D eigenvalue weighted by Gasteiger charge is -2.06. The second-order valence-corrected chi connectivity index (χ2v) is 6.71. The minimum Gasteiger partial charge on any atom is -0.367 e. The van der Waals surface area contributed by atoms with Crippen LogP contribution < -0.4 is 0 Å². The summed E-state index contributed by atoms with van der Waals surface area (Å²) in [5, 5.41) is 0. The molecule has 1 nitrogen and oxygen atoms in total. The number of hydrogen-bond acceptors (Lipinski definition) is 1. The summed E-state index contributed by atoms with van der Waals surface area (Å²) in [6, 6.07) is 0. The molecule has 21 heavy (non-hydrogen) atoms. The standard InChI is InChI=1S/C18H24F2O/c1-17(2,3)11-7-9-15(19)13-21-14-16(20)10-8-12-18(4,5)6/h9-10H,13-14H2,1-6H3. The molecule has 0 amide bonds. The lowest BCUT2D eigenvalue weighted by Crippen LogP contribution is -2.00. The van der Waals surface area contributed by atoms with Crippen LogP contribution in [0, 0.1) is 34.5 Å². The van der Waals surface area contributed by atoms with Crippen LogP contribution in [-0.4, -0.2) is 13.2 Å². The molecule has 0 aromatic carbocycles. The zero-order valence-corrected chi connectivity index (χ0v) is 13.7. The summed E-state index contributed by atoms with van der Waals surface area (Å²) in [5.74, 6) is 9.91. The van der Waals surface area contributed by atoms with Crippen molar-refractivity contribution < 1.29 is 13.5 Å². The Labute approximate surface area is 127 Å². The van der Waals surface area contributed by atoms with Crippen LogP contribution in [0.25, 0.3) is 0 Å². The Morgan fingerprint density at radius 3 is 1.43 bits per heavy atom. The van der Waals surface area contributed by atoms with Crippen LogP contribution >= 0.6 is 0 Å². The van der Waals surface area contributed by atoms with Crippen LogP contribution in [0.3, 0.4) is 0 Å². The van der Waals surface area contributed by atoms with Gasteiger partial charge in [-0.15, -0.1) is 0 Å². The van der Waals surface area contributed by atoms with Crippen LogP contribution in [0.1, 0.15) is 41.5 Å². The molecule has 0 aromatic rings. The van der Waals surface area contributed by atoms with E-state index in [0.29, 0.717) is 0 Å². The fraction of sp³-hybridized carbons (Fsp3) is 0.556. The van der Waals surface area contributed by atoms with Crippen molar-refractivity contribution in [3.8, 4) is 23.7 Å². The number of halogens is 2. The zero-order chi connectivity index (χ0) is 16.5. The molecule has 3 heteroatoms. The second-order valence-electron chi connectivity index (χ2n) is 6.71. The van der Waals surface area contributed by atoms with Gasteiger partial charge in [-0.3, -0.25) is 0 Å². The highest BCUT2D eigenvalue weighted by molar-refractivity contribution is 5.22. The number of hydrogen-bond donors (Lipinski definition) is 0. The molecule has 0 spiro atoms. The van der Waals surface area contributed by atoms with Crippen LogP contribution in [-0.2, 0) is 4.74 Å². The van der Waals surface area contributed by atoms with E-state index in [9.17, 15) is 8.78 Å². The van der Waals surface area contributed by atoms with Crippen molar-refractivity contribution in [3.05, 3.63) is 23.8 Å². The molecule has 0 bridgehead atoms. The van der Waals surface area contributed by atoms with E-state index in [1.54, 1.807) is 0 Å². The van der Waals surface area contributed by atoms with Gasteiger partial charge in [0.2, 0.25) is 0 Å². The van der Waals surface area contributed by atoms with Crippen molar-refractivity contribution in [2.24, 2.45) is 10.8 Å². The van der Waals surface area contributed by atoms with Gasteiger partial charge in [-0.05, 0) is 41.5 Å². The molecule has 0 saturated carbocycles. The Bertz CT molecular complexity index is 458. The summed E-state index contributed by atoms with van der Waals surface area (Å²) in [7, 11) is 0. The predicted octanol–water partition coefficient (Wildman–Crippen LogP) is 4.81. The zero-order valence-electron chi connectivity index (χ0n) is 13.7. The second kappa shape index (κ2) is 8.65. The molecule has 0 aromatic heterocycles. The van der Waals surface area contributed by atoms with Gasteiger partial charge in [0.1, 0.15) is 11.7 Å². The molecule has 0 atom stereocenters. The third-order valence-electron chi connectivity index (χ3n) is 1.83. The average molecular weight is 294 g/mol. The van der Waals surface area contributed by atoms with E-state index >= 15 is 0 Å². The lowest BCUT2D eigenvalue weighted by molar-refractivity contribution is 0.151. The molecule has 0 unspecified atom stereocenters. The average Bonchev–Trinajstić information content (AvgIpc) is 2.25. The molecular formula is C18H24F2O. The highest BCUT2D eigenvalue weighted by Gasteiger charge is 2.04. The summed E-state index contributed by atoms with van der Waals surface area (Å²) in [5.41, 5.74) is -0.365. The molecule has 0 heterocycles. The molecule has 0 radical (unpaired) electrons. The van der Waals surface area contributed by atoms with E-state index in [1.165, 1.54) is 0 Å². The first kappa shape index (κ1) is 19.4. The summed E-state index contributed by atoms with van der Waals surface area (Å²) >= 11 is 0. The largest absolute Gasteiger partial charge is 0.367 e. The van der Waals surface area contributed by atoms with Gasteiger partial charge in [0.05, 0.1) is 13.2 Å². The third-order valence-corrected chi connectivity index (χ3v) is 1.83. The van der Waals surface area contributed by atoms with Crippen molar-refractivity contribution in [1.82, 2.24) is 0 Å². The van der Waals surface area contributed by atoms with E-state index in [1.807, 2.05) is 41.5 Å². The molecule has 0 saturated heterocycles. The summed E-state index contributed by atoms with van der Waals surface area (Å²) in [6.07, 6.45) is 2.29. The summed E-state index contributed by atoms with van der Waals surface area (Å²) < 4.78 is 31.5. The normalized spacial score (nSPS) is 13.1. The van der Waals surface area contributed by atoms with Crippen LogP contribution in [0.15, 0.2) is 23.8 Å². The van der Waals surface area contributed by atoms with Crippen molar-refractivity contribution in [1.29, 1.82) is 0 Å². The Morgan fingerprint density at radius 2 is 1.14 bits per heavy atom. The van der Waals surface area contributed by atoms with Crippen LogP contribution in [0.4, 0.5) is 8.78 Å². The fourth-order valence-corrected chi connectivity index (χ4v) is 0.991. The monoisotopic (exact) mass is 294 g/mol. The van der Waals surface area contributed by atoms with E-state index in [-0.39, 0.29) is 24.0 Å². The molecule has 0 aliphatic heterocycles. The van der Waals surface area contributed by atoms with Gasteiger partial charge in [0, 0.05) is 23.0 Å². The van der Waals surface area contributed by atoms with Crippen LogP contribution in [0.2, 0.25) is 0 Å². The Morgan fingerprint density at radius 1 is 0.810 bits per heavy atom. The van der Waals surface area contributed by atoms with Gasteiger partial charge < -0.3 is 4.74 Å². The van der Waals surface area contributed by atoms with Gasteiger partial charge in [-0.1, -0.05) is 23.7 Å². The van der Waals surface area contributed by atoms with E-state index in [2.05, 4.69) is 23.7 Å². The van der Waals surface area contributed by atoms with Crippen molar-refractivity contribution >= 4 is 0 Å². The quantitative estimate of drug-likeness (QED) is 0.676. The molecule has 0 aliphatic rings. The number of rotatable bonds is 4. The Balaban J connectivity index is 4.24. The SMILES string of the molecule is CC(C)(C)C#CC=C(F)COCC(F)=CC#CC(C)(C)C. The first-order chi connectivity index (χ1) is 9.49. The number of ether oxygens (including phenoxy) is 1. The maximum absolute atomic E-state index is 13.3. The fourth-order valence-electron chi connectivity index (χ4n) is 0.991. The topological polar surface area (TPSA) is 9.23 Å². The lowest BCUT2D eigenvalue weighted by atomic mass is 9.98. The minimum atomic E-state index is -0.527. The molecule has 0 fully saturated rings. The van der Waals surface area contributed by atoms with Crippen molar-refractivity contribution in [2.75, 3.05) is 13.2 Å². The highest BCUT2D eigenvalue weighted by atomic mass is 19.1. The van der Waals surface area contributed by atoms with Crippen molar-refractivity contribution in [3.63, 3.8) is 0 Å². The van der Waals surface area contributed by atoms with E-state index < -0.39 is 11.7 Å². The van der Waals surface area contributed by atoms with Gasteiger partial charge in [0.15, 0.2) is 0 Å². The third kappa shape index (κ3) is 14.6. The van der Waals surface area contributed by atoms with E-state index in [4.69, 9.17) is 4.74 Å². The minimum absolute atomic E-state index is 0.182. The Hall–Kier alpha value is -1.58. The molecule has 0 N–H and O–H groups in total. The molecular weight excluding hydrogens is 270 g/mol. The molecule has 0 aliphatic carbocycles. The van der Waals surface area contributed by atoms with Gasteiger partial charge in [0.25, 0.3) is 0 Å². The highest BCUT2D eigenvalue weighted by Crippen LogP contribution is 2.11. The first-order valence-electron chi connectivity index (χ1n) is 6.82. The maximum atomic E-state index is 13.3. The Kier molecular flexibility index (Phi) is 8.00. The van der Waals surface area contributed by atoms with Gasteiger partial charge >= 0.3 is 0 Å². The predicted molar refractivity (Wildman–Crippen MR) is 83.7 cm³/mol. The van der Waals surface area contributed by atoms with Crippen molar-refractivity contribution in [2.45, 2.75) is 41.5 Å². The van der Waals surface area contributed by atoms with Gasteiger partial charge in [-0.25, -0.2) is 8.78 Å². The van der Waals surface area contributed by atoms with Crippen LogP contribution in [0.5, 0.6) is 0 Å². The van der Waals surface area contributed by atoms with Gasteiger partial charge in [-0.2, -0.15) is 0 Å². The maximum Gasteiger partial charge on any atom is 0.134 e. The summed E-state index contributed by atoms with van der Waals surface area (Å²) in [6.45, 7) is 11.0. The van der Waals surface area contributed by atoms with E-state index in [0.717, 1.165) is 12.2 Å². The molecule has 0 rings (SSSR count). The number of allylic oxidation sites excluding steroid dienone is 2. The first-order valence-corrected chi connectivity index (χ1v) is 6.82. The summed E-state index contributed by atoms with van der Waals surface area (Å²) in [4.78, 5) is 0. The smallest absolute Gasteiger partial charge is 0.134 e.